The molecule has 0 saturated carbocycles. The van der Waals surface area contributed by atoms with Gasteiger partial charge in [-0.05, 0) is 19.1 Å². The molecule has 0 aromatic heterocycles. The van der Waals surface area contributed by atoms with Crippen molar-refractivity contribution in [2.45, 2.75) is 44.1 Å². The highest BCUT2D eigenvalue weighted by molar-refractivity contribution is 7.80. The Hall–Kier alpha value is 0.150. The molecule has 1 aliphatic heterocycles. The minimum absolute atomic E-state index is 0.404. The Bertz CT molecular complexity index is 191. The standard InChI is InChI=1S/C9H18O5S/c1-5-6(10)7(11)8(12)9(14-5)13-3-2-4-15/h5-12,15H,2-4H2,1H3/t5?,6-,7?,8?,9?/m1/s1. The van der Waals surface area contributed by atoms with Gasteiger partial charge in [-0.1, -0.05) is 0 Å². The second-order valence-corrected chi connectivity index (χ2v) is 4.08. The predicted molar refractivity (Wildman–Crippen MR) is 56.8 cm³/mol. The Balaban J connectivity index is 2.43. The maximum Gasteiger partial charge on any atom is 0.186 e. The molecular weight excluding hydrogens is 220 g/mol. The average molecular weight is 238 g/mol. The molecule has 5 atom stereocenters. The fourth-order valence-electron chi connectivity index (χ4n) is 1.42. The zero-order valence-corrected chi connectivity index (χ0v) is 9.51. The van der Waals surface area contributed by atoms with Crippen molar-refractivity contribution < 1.29 is 24.8 Å². The molecule has 6 heteroatoms. The van der Waals surface area contributed by atoms with Crippen LogP contribution in [0.15, 0.2) is 0 Å². The van der Waals surface area contributed by atoms with Crippen LogP contribution in [0.1, 0.15) is 13.3 Å². The van der Waals surface area contributed by atoms with Crippen LogP contribution in [0.2, 0.25) is 0 Å². The van der Waals surface area contributed by atoms with Gasteiger partial charge in [-0.15, -0.1) is 0 Å². The Kier molecular flexibility index (Phi) is 5.31. The van der Waals surface area contributed by atoms with Crippen molar-refractivity contribution >= 4 is 12.6 Å². The highest BCUT2D eigenvalue weighted by Crippen LogP contribution is 2.21. The number of rotatable bonds is 4. The topological polar surface area (TPSA) is 79.2 Å². The first kappa shape index (κ1) is 13.2. The van der Waals surface area contributed by atoms with Crippen LogP contribution in [-0.4, -0.2) is 58.4 Å². The van der Waals surface area contributed by atoms with Crippen LogP contribution in [0.25, 0.3) is 0 Å². The van der Waals surface area contributed by atoms with Crippen molar-refractivity contribution in [2.24, 2.45) is 0 Å². The molecule has 1 heterocycles. The van der Waals surface area contributed by atoms with Gasteiger partial charge in [0.05, 0.1) is 12.7 Å². The molecule has 0 radical (unpaired) electrons. The normalized spacial score (nSPS) is 41.8. The zero-order chi connectivity index (χ0) is 11.4. The molecule has 0 bridgehead atoms. The van der Waals surface area contributed by atoms with Crippen LogP contribution in [0.3, 0.4) is 0 Å². The van der Waals surface area contributed by atoms with Crippen LogP contribution < -0.4 is 0 Å². The van der Waals surface area contributed by atoms with Crippen molar-refractivity contribution in [3.05, 3.63) is 0 Å². The van der Waals surface area contributed by atoms with Gasteiger partial charge in [-0.3, -0.25) is 0 Å². The molecule has 1 rings (SSSR count). The minimum atomic E-state index is -1.23. The highest BCUT2D eigenvalue weighted by atomic mass is 32.1. The summed E-state index contributed by atoms with van der Waals surface area (Å²) in [5.74, 6) is 0.684. The van der Waals surface area contributed by atoms with Crippen LogP contribution in [0, 0.1) is 0 Å². The van der Waals surface area contributed by atoms with E-state index in [1.54, 1.807) is 6.92 Å². The van der Waals surface area contributed by atoms with Crippen molar-refractivity contribution in [3.8, 4) is 0 Å². The van der Waals surface area contributed by atoms with Gasteiger partial charge in [0.25, 0.3) is 0 Å². The van der Waals surface area contributed by atoms with E-state index in [2.05, 4.69) is 12.6 Å². The van der Waals surface area contributed by atoms with Crippen molar-refractivity contribution in [1.82, 2.24) is 0 Å². The summed E-state index contributed by atoms with van der Waals surface area (Å²) in [6.45, 7) is 2.02. The molecule has 5 nitrogen and oxygen atoms in total. The van der Waals surface area contributed by atoms with Crippen LogP contribution in [0.5, 0.6) is 0 Å². The van der Waals surface area contributed by atoms with Crippen molar-refractivity contribution in [1.29, 1.82) is 0 Å². The minimum Gasteiger partial charge on any atom is -0.388 e. The average Bonchev–Trinajstić information content (AvgIpc) is 2.23. The second kappa shape index (κ2) is 6.03. The van der Waals surface area contributed by atoms with E-state index in [0.29, 0.717) is 12.4 Å². The Morgan fingerprint density at radius 2 is 1.87 bits per heavy atom. The first-order valence-corrected chi connectivity index (χ1v) is 5.63. The SMILES string of the molecule is CC1OC(OCCCS)C(O)C(O)[C@@H]1O. The predicted octanol–water partition coefficient (Wildman–Crippen LogP) is -0.850. The molecule has 4 unspecified atom stereocenters. The van der Waals surface area contributed by atoms with Crippen molar-refractivity contribution in [2.75, 3.05) is 12.4 Å². The molecule has 1 fully saturated rings. The Morgan fingerprint density at radius 3 is 2.47 bits per heavy atom. The largest absolute Gasteiger partial charge is 0.388 e. The number of aliphatic hydroxyl groups is 3. The molecule has 0 spiro atoms. The lowest BCUT2D eigenvalue weighted by molar-refractivity contribution is -0.292. The van der Waals surface area contributed by atoms with E-state index in [1.165, 1.54) is 0 Å². The lowest BCUT2D eigenvalue weighted by atomic mass is 10.0. The van der Waals surface area contributed by atoms with E-state index in [4.69, 9.17) is 9.47 Å². The number of aliphatic hydroxyl groups excluding tert-OH is 3. The van der Waals surface area contributed by atoms with E-state index in [1.807, 2.05) is 0 Å². The van der Waals surface area contributed by atoms with E-state index in [9.17, 15) is 15.3 Å². The summed E-state index contributed by atoms with van der Waals surface area (Å²) in [6.07, 6.45) is -4.21. The number of hydrogen-bond donors (Lipinski definition) is 4. The summed E-state index contributed by atoms with van der Waals surface area (Å²) >= 11 is 4.02. The summed E-state index contributed by atoms with van der Waals surface area (Å²) in [5, 5.41) is 28.4. The third kappa shape index (κ3) is 3.30. The lowest BCUT2D eigenvalue weighted by Crippen LogP contribution is -2.57. The van der Waals surface area contributed by atoms with Gasteiger partial charge in [0.2, 0.25) is 0 Å². The van der Waals surface area contributed by atoms with Gasteiger partial charge in [0, 0.05) is 0 Å². The number of thiol groups is 1. The van der Waals surface area contributed by atoms with E-state index in [-0.39, 0.29) is 0 Å². The van der Waals surface area contributed by atoms with Gasteiger partial charge < -0.3 is 24.8 Å². The van der Waals surface area contributed by atoms with Gasteiger partial charge in [0.15, 0.2) is 6.29 Å². The van der Waals surface area contributed by atoms with Gasteiger partial charge >= 0.3 is 0 Å². The molecular formula is C9H18O5S. The molecule has 0 amide bonds. The maximum atomic E-state index is 9.55. The maximum absolute atomic E-state index is 9.55. The van der Waals surface area contributed by atoms with Gasteiger partial charge in [0.1, 0.15) is 18.3 Å². The van der Waals surface area contributed by atoms with E-state index in [0.717, 1.165) is 6.42 Å². The molecule has 0 aromatic rings. The van der Waals surface area contributed by atoms with E-state index < -0.39 is 30.7 Å². The summed E-state index contributed by atoms with van der Waals surface area (Å²) in [7, 11) is 0. The third-order valence-electron chi connectivity index (χ3n) is 2.39. The second-order valence-electron chi connectivity index (χ2n) is 3.63. The summed E-state index contributed by atoms with van der Waals surface area (Å²) < 4.78 is 10.5. The third-order valence-corrected chi connectivity index (χ3v) is 2.71. The molecule has 3 N–H and O–H groups in total. The number of ether oxygens (including phenoxy) is 2. The molecule has 0 aromatic carbocycles. The van der Waals surface area contributed by atoms with Crippen LogP contribution >= 0.6 is 12.6 Å². The zero-order valence-electron chi connectivity index (χ0n) is 8.61. The molecule has 1 aliphatic rings. The van der Waals surface area contributed by atoms with Crippen LogP contribution in [-0.2, 0) is 9.47 Å². The number of hydrogen-bond acceptors (Lipinski definition) is 6. The fourth-order valence-corrected chi connectivity index (χ4v) is 1.54. The Morgan fingerprint density at radius 1 is 1.20 bits per heavy atom. The van der Waals surface area contributed by atoms with Crippen LogP contribution in [0.4, 0.5) is 0 Å². The molecule has 90 valence electrons. The van der Waals surface area contributed by atoms with Gasteiger partial charge in [-0.2, -0.15) is 12.6 Å². The van der Waals surface area contributed by atoms with Crippen molar-refractivity contribution in [3.63, 3.8) is 0 Å². The summed E-state index contributed by atoms with van der Waals surface area (Å²) in [6, 6.07) is 0. The monoisotopic (exact) mass is 238 g/mol. The van der Waals surface area contributed by atoms with Gasteiger partial charge in [-0.25, -0.2) is 0 Å². The lowest BCUT2D eigenvalue weighted by Gasteiger charge is -2.38. The summed E-state index contributed by atoms with van der Waals surface area (Å²) in [5.41, 5.74) is 0. The fraction of sp³-hybridized carbons (Fsp3) is 1.00. The molecule has 0 aliphatic carbocycles. The molecule has 1 saturated heterocycles. The Labute approximate surface area is 94.4 Å². The highest BCUT2D eigenvalue weighted by Gasteiger charge is 2.42. The molecule has 15 heavy (non-hydrogen) atoms. The first-order chi connectivity index (χ1) is 7.07. The van der Waals surface area contributed by atoms with E-state index >= 15 is 0 Å². The quantitative estimate of drug-likeness (QED) is 0.379. The summed E-state index contributed by atoms with van der Waals surface area (Å²) in [4.78, 5) is 0. The first-order valence-electron chi connectivity index (χ1n) is 5.00. The smallest absolute Gasteiger partial charge is 0.186 e.